The topological polar surface area (TPSA) is 58.6 Å². The molecule has 5 nitrogen and oxygen atoms in total. The van der Waals surface area contributed by atoms with E-state index < -0.39 is 5.82 Å². The van der Waals surface area contributed by atoms with Crippen LogP contribution >= 0.6 is 23.4 Å². The summed E-state index contributed by atoms with van der Waals surface area (Å²) >= 11 is 7.55. The maximum atomic E-state index is 14.3. The van der Waals surface area contributed by atoms with Crippen LogP contribution in [0.2, 0.25) is 5.02 Å². The van der Waals surface area contributed by atoms with Crippen molar-refractivity contribution in [2.45, 2.75) is 30.4 Å². The molecule has 152 valence electrons. The third-order valence-corrected chi connectivity index (χ3v) is 6.46. The quantitative estimate of drug-likeness (QED) is 0.772. The van der Waals surface area contributed by atoms with Crippen molar-refractivity contribution in [1.82, 2.24) is 5.32 Å². The van der Waals surface area contributed by atoms with Crippen LogP contribution in [0.25, 0.3) is 0 Å². The summed E-state index contributed by atoms with van der Waals surface area (Å²) in [5, 5.41) is 3.15. The van der Waals surface area contributed by atoms with Crippen molar-refractivity contribution in [3.05, 3.63) is 58.4 Å². The van der Waals surface area contributed by atoms with Gasteiger partial charge in [-0.1, -0.05) is 17.7 Å². The smallest absolute Gasteiger partial charge is 0.251 e. The molecule has 1 fully saturated rings. The average molecular weight is 435 g/mol. The molecule has 1 saturated heterocycles. The zero-order valence-corrected chi connectivity index (χ0v) is 17.2. The van der Waals surface area contributed by atoms with Crippen molar-refractivity contribution in [2.24, 2.45) is 0 Å². The number of rotatable bonds is 5. The number of halogens is 2. The van der Waals surface area contributed by atoms with Gasteiger partial charge >= 0.3 is 0 Å². The molecule has 2 heterocycles. The molecule has 2 amide bonds. The molecule has 29 heavy (non-hydrogen) atoms. The standard InChI is InChI=1S/C21H20ClFN2O3S/c22-16-4-1-5-17(23)15(16)11-25-18-9-13(6-7-19(18)29-12-20(25)26)21(27)24-10-14-3-2-8-28-14/h1,4-7,9,14H,2-3,8,10-12H2,(H,24,27). The summed E-state index contributed by atoms with van der Waals surface area (Å²) < 4.78 is 19.8. The van der Waals surface area contributed by atoms with Gasteiger partial charge in [0.05, 0.1) is 24.1 Å². The lowest BCUT2D eigenvalue weighted by Crippen LogP contribution is -2.36. The van der Waals surface area contributed by atoms with E-state index in [0.29, 0.717) is 17.8 Å². The second-order valence-electron chi connectivity index (χ2n) is 7.00. The minimum atomic E-state index is -0.462. The number of amides is 2. The molecule has 1 unspecified atom stereocenters. The number of hydrogen-bond acceptors (Lipinski definition) is 4. The Morgan fingerprint density at radius 2 is 2.21 bits per heavy atom. The van der Waals surface area contributed by atoms with Crippen molar-refractivity contribution < 1.29 is 18.7 Å². The summed E-state index contributed by atoms with van der Waals surface area (Å²) in [5.74, 6) is -0.589. The van der Waals surface area contributed by atoms with E-state index in [4.69, 9.17) is 16.3 Å². The van der Waals surface area contributed by atoms with Gasteiger partial charge in [-0.15, -0.1) is 11.8 Å². The molecule has 2 aromatic rings. The summed E-state index contributed by atoms with van der Waals surface area (Å²) in [6, 6.07) is 9.68. The first-order chi connectivity index (χ1) is 14.0. The fraction of sp³-hybridized carbons (Fsp3) is 0.333. The minimum Gasteiger partial charge on any atom is -0.376 e. The zero-order valence-electron chi connectivity index (χ0n) is 15.6. The SMILES string of the molecule is O=C(NCC1CCCO1)c1ccc2c(c1)N(Cc1c(F)cccc1Cl)C(=O)CS2. The molecule has 0 aliphatic carbocycles. The van der Waals surface area contributed by atoms with Gasteiger partial charge in [-0.25, -0.2) is 4.39 Å². The van der Waals surface area contributed by atoms with Gasteiger partial charge in [0.2, 0.25) is 5.91 Å². The fourth-order valence-electron chi connectivity index (χ4n) is 3.47. The Kier molecular flexibility index (Phi) is 6.08. The second kappa shape index (κ2) is 8.73. The molecule has 0 saturated carbocycles. The van der Waals surface area contributed by atoms with Crippen molar-refractivity contribution in [1.29, 1.82) is 0 Å². The van der Waals surface area contributed by atoms with Crippen molar-refractivity contribution in [2.75, 3.05) is 23.8 Å². The number of anilines is 1. The molecular weight excluding hydrogens is 415 g/mol. The van der Waals surface area contributed by atoms with Crippen LogP contribution in [0.5, 0.6) is 0 Å². The maximum absolute atomic E-state index is 14.3. The highest BCUT2D eigenvalue weighted by Gasteiger charge is 2.27. The number of nitrogens with one attached hydrogen (secondary N) is 1. The Balaban J connectivity index is 1.57. The van der Waals surface area contributed by atoms with Crippen LogP contribution < -0.4 is 10.2 Å². The molecular formula is C21H20ClFN2O3S. The van der Waals surface area contributed by atoms with Gasteiger partial charge in [0.15, 0.2) is 0 Å². The van der Waals surface area contributed by atoms with E-state index in [0.717, 1.165) is 24.3 Å². The highest BCUT2D eigenvalue weighted by molar-refractivity contribution is 8.00. The lowest BCUT2D eigenvalue weighted by Gasteiger charge is -2.30. The van der Waals surface area contributed by atoms with E-state index in [1.54, 1.807) is 18.2 Å². The van der Waals surface area contributed by atoms with E-state index >= 15 is 0 Å². The van der Waals surface area contributed by atoms with Gasteiger partial charge in [0.1, 0.15) is 5.82 Å². The summed E-state index contributed by atoms with van der Waals surface area (Å²) in [4.78, 5) is 27.5. The molecule has 1 N–H and O–H groups in total. The van der Waals surface area contributed by atoms with Gasteiger partial charge in [0, 0.05) is 34.2 Å². The molecule has 2 aliphatic heterocycles. The molecule has 4 rings (SSSR count). The normalized spacial score (nSPS) is 18.6. The first-order valence-electron chi connectivity index (χ1n) is 9.43. The summed E-state index contributed by atoms with van der Waals surface area (Å²) in [6.45, 7) is 1.20. The largest absolute Gasteiger partial charge is 0.376 e. The van der Waals surface area contributed by atoms with Crippen molar-refractivity contribution in [3.8, 4) is 0 Å². The number of carbonyl (C=O) groups is 2. The Morgan fingerprint density at radius 3 is 2.97 bits per heavy atom. The van der Waals surface area contributed by atoms with Crippen LogP contribution in [-0.4, -0.2) is 36.8 Å². The third-order valence-electron chi connectivity index (χ3n) is 5.06. The Hall–Kier alpha value is -2.09. The predicted molar refractivity (Wildman–Crippen MR) is 111 cm³/mol. The monoisotopic (exact) mass is 434 g/mol. The van der Waals surface area contributed by atoms with Crippen LogP contribution in [0.15, 0.2) is 41.3 Å². The number of carbonyl (C=O) groups excluding carboxylic acids is 2. The van der Waals surface area contributed by atoms with Crippen LogP contribution in [0.3, 0.4) is 0 Å². The summed E-state index contributed by atoms with van der Waals surface area (Å²) in [5.41, 5.74) is 1.30. The van der Waals surface area contributed by atoms with E-state index in [1.165, 1.54) is 28.8 Å². The number of benzene rings is 2. The highest BCUT2D eigenvalue weighted by atomic mass is 35.5. The summed E-state index contributed by atoms with van der Waals surface area (Å²) in [6.07, 6.45) is 1.99. The molecule has 2 aliphatic rings. The predicted octanol–water partition coefficient (Wildman–Crippen LogP) is 4.03. The Labute approximate surface area is 177 Å². The molecule has 1 atom stereocenters. The van der Waals surface area contributed by atoms with E-state index in [-0.39, 0.29) is 40.8 Å². The van der Waals surface area contributed by atoms with Crippen molar-refractivity contribution in [3.63, 3.8) is 0 Å². The fourth-order valence-corrected chi connectivity index (χ4v) is 4.61. The van der Waals surface area contributed by atoms with Crippen LogP contribution in [0.4, 0.5) is 10.1 Å². The van der Waals surface area contributed by atoms with Gasteiger partial charge < -0.3 is 15.0 Å². The van der Waals surface area contributed by atoms with Crippen LogP contribution in [-0.2, 0) is 16.1 Å². The number of fused-ring (bicyclic) bond motifs is 1. The number of nitrogens with zero attached hydrogens (tertiary/aromatic N) is 1. The van der Waals surface area contributed by atoms with Crippen LogP contribution in [0.1, 0.15) is 28.8 Å². The minimum absolute atomic E-state index is 0.0128. The van der Waals surface area contributed by atoms with Gasteiger partial charge in [-0.05, 0) is 43.2 Å². The number of hydrogen-bond donors (Lipinski definition) is 1. The van der Waals surface area contributed by atoms with Gasteiger partial charge in [-0.2, -0.15) is 0 Å². The zero-order chi connectivity index (χ0) is 20.4. The molecule has 0 radical (unpaired) electrons. The van der Waals surface area contributed by atoms with Gasteiger partial charge in [0.25, 0.3) is 5.91 Å². The lowest BCUT2D eigenvalue weighted by atomic mass is 10.1. The molecule has 8 heteroatoms. The number of thioether (sulfide) groups is 1. The Bertz CT molecular complexity index is 929. The Morgan fingerprint density at radius 1 is 1.34 bits per heavy atom. The molecule has 2 aromatic carbocycles. The first-order valence-corrected chi connectivity index (χ1v) is 10.8. The van der Waals surface area contributed by atoms with E-state index in [1.807, 2.05) is 6.07 Å². The highest BCUT2D eigenvalue weighted by Crippen LogP contribution is 2.37. The second-order valence-corrected chi connectivity index (χ2v) is 8.42. The van der Waals surface area contributed by atoms with Crippen LogP contribution in [0, 0.1) is 5.82 Å². The van der Waals surface area contributed by atoms with E-state index in [9.17, 15) is 14.0 Å². The molecule has 0 spiro atoms. The molecule has 0 bridgehead atoms. The van der Waals surface area contributed by atoms with Gasteiger partial charge in [-0.3, -0.25) is 9.59 Å². The summed E-state index contributed by atoms with van der Waals surface area (Å²) in [7, 11) is 0. The van der Waals surface area contributed by atoms with E-state index in [2.05, 4.69) is 5.32 Å². The number of ether oxygens (including phenoxy) is 1. The molecule has 0 aromatic heterocycles. The lowest BCUT2D eigenvalue weighted by molar-refractivity contribution is -0.116. The maximum Gasteiger partial charge on any atom is 0.251 e. The van der Waals surface area contributed by atoms with Crippen molar-refractivity contribution >= 4 is 40.9 Å². The third kappa shape index (κ3) is 4.42. The first kappa shape index (κ1) is 20.2. The average Bonchev–Trinajstić information content (AvgIpc) is 3.23.